The molecule has 1 heterocycles. The van der Waals surface area contributed by atoms with E-state index in [0.717, 1.165) is 23.7 Å². The van der Waals surface area contributed by atoms with Crippen molar-refractivity contribution < 1.29 is 0 Å². The molecular formula is C15H29N. The van der Waals surface area contributed by atoms with Crippen LogP contribution in [0.3, 0.4) is 0 Å². The molecule has 3 atom stereocenters. The van der Waals surface area contributed by atoms with E-state index in [-0.39, 0.29) is 0 Å². The smallest absolute Gasteiger partial charge is 0.00151 e. The van der Waals surface area contributed by atoms with Gasteiger partial charge >= 0.3 is 0 Å². The van der Waals surface area contributed by atoms with Crippen molar-refractivity contribution in [3.8, 4) is 0 Å². The predicted octanol–water partition coefficient (Wildman–Crippen LogP) is 3.84. The van der Waals surface area contributed by atoms with Crippen LogP contribution in [-0.2, 0) is 0 Å². The average Bonchev–Trinajstić information content (AvgIpc) is 2.83. The first-order chi connectivity index (χ1) is 7.83. The zero-order chi connectivity index (χ0) is 11.4. The van der Waals surface area contributed by atoms with Gasteiger partial charge in [0.1, 0.15) is 0 Å². The summed E-state index contributed by atoms with van der Waals surface area (Å²) < 4.78 is 0. The first kappa shape index (κ1) is 12.4. The second-order valence-corrected chi connectivity index (χ2v) is 6.13. The zero-order valence-electron chi connectivity index (χ0n) is 11.2. The van der Waals surface area contributed by atoms with Gasteiger partial charge in [-0.2, -0.15) is 0 Å². The molecular weight excluding hydrogens is 194 g/mol. The summed E-state index contributed by atoms with van der Waals surface area (Å²) in [5.74, 6) is 4.02. The largest absolute Gasteiger partial charge is 0.316 e. The highest BCUT2D eigenvalue weighted by molar-refractivity contribution is 4.87. The van der Waals surface area contributed by atoms with Crippen LogP contribution in [0.1, 0.15) is 58.8 Å². The van der Waals surface area contributed by atoms with Crippen LogP contribution in [0.2, 0.25) is 0 Å². The molecule has 1 heteroatoms. The maximum atomic E-state index is 3.64. The molecule has 16 heavy (non-hydrogen) atoms. The maximum Gasteiger partial charge on any atom is -0.00151 e. The van der Waals surface area contributed by atoms with Crippen molar-refractivity contribution in [3.05, 3.63) is 0 Å². The zero-order valence-corrected chi connectivity index (χ0v) is 11.2. The summed E-state index contributed by atoms with van der Waals surface area (Å²) in [7, 11) is 0. The van der Waals surface area contributed by atoms with Gasteiger partial charge in [0.2, 0.25) is 0 Å². The van der Waals surface area contributed by atoms with Crippen LogP contribution < -0.4 is 5.32 Å². The van der Waals surface area contributed by atoms with E-state index in [2.05, 4.69) is 19.2 Å². The van der Waals surface area contributed by atoms with Gasteiger partial charge in [0, 0.05) is 0 Å². The third-order valence-electron chi connectivity index (χ3n) is 5.06. The molecule has 1 aliphatic carbocycles. The number of hydrogen-bond acceptors (Lipinski definition) is 1. The molecule has 0 spiro atoms. The van der Waals surface area contributed by atoms with Crippen LogP contribution in [0.5, 0.6) is 0 Å². The summed E-state index contributed by atoms with van der Waals surface area (Å²) in [6, 6.07) is 0. The highest BCUT2D eigenvalue weighted by Crippen LogP contribution is 2.41. The van der Waals surface area contributed by atoms with Crippen molar-refractivity contribution in [2.24, 2.45) is 23.7 Å². The Morgan fingerprint density at radius 3 is 2.62 bits per heavy atom. The average molecular weight is 223 g/mol. The Balaban J connectivity index is 1.95. The van der Waals surface area contributed by atoms with Crippen molar-refractivity contribution in [3.63, 3.8) is 0 Å². The van der Waals surface area contributed by atoms with Crippen LogP contribution in [0.15, 0.2) is 0 Å². The summed E-state index contributed by atoms with van der Waals surface area (Å²) in [6.07, 6.45) is 10.3. The third kappa shape index (κ3) is 2.80. The molecule has 0 amide bonds. The van der Waals surface area contributed by atoms with Crippen LogP contribution in [0.25, 0.3) is 0 Å². The van der Waals surface area contributed by atoms with Crippen LogP contribution in [-0.4, -0.2) is 13.1 Å². The summed E-state index contributed by atoms with van der Waals surface area (Å²) in [6.45, 7) is 7.41. The van der Waals surface area contributed by atoms with Crippen LogP contribution >= 0.6 is 0 Å². The standard InChI is InChI=1S/C15H29N/c1-3-6-12(2)14-9-10-16-11-15(14)13-7-4-5-8-13/h12-16H,3-11H2,1-2H3. The van der Waals surface area contributed by atoms with Gasteiger partial charge in [-0.05, 0) is 43.2 Å². The Kier molecular flexibility index (Phi) is 4.69. The molecule has 0 aromatic carbocycles. The first-order valence-corrected chi connectivity index (χ1v) is 7.53. The summed E-state index contributed by atoms with van der Waals surface area (Å²) in [5.41, 5.74) is 0. The molecule has 2 fully saturated rings. The predicted molar refractivity (Wildman–Crippen MR) is 70.5 cm³/mol. The van der Waals surface area contributed by atoms with E-state index in [4.69, 9.17) is 0 Å². The molecule has 0 aromatic rings. The normalized spacial score (nSPS) is 34.1. The van der Waals surface area contributed by atoms with Gasteiger partial charge in [0.15, 0.2) is 0 Å². The molecule has 2 rings (SSSR count). The Labute approximate surface area is 101 Å². The third-order valence-corrected chi connectivity index (χ3v) is 5.06. The van der Waals surface area contributed by atoms with Crippen molar-refractivity contribution in [2.75, 3.05) is 13.1 Å². The number of piperidine rings is 1. The van der Waals surface area contributed by atoms with E-state index in [9.17, 15) is 0 Å². The Morgan fingerprint density at radius 1 is 1.19 bits per heavy atom. The second kappa shape index (κ2) is 6.05. The van der Waals surface area contributed by atoms with E-state index in [0.29, 0.717) is 0 Å². The fraction of sp³-hybridized carbons (Fsp3) is 1.00. The summed E-state index contributed by atoms with van der Waals surface area (Å²) in [4.78, 5) is 0. The lowest BCUT2D eigenvalue weighted by Crippen LogP contribution is -2.42. The number of rotatable bonds is 4. The summed E-state index contributed by atoms with van der Waals surface area (Å²) in [5, 5.41) is 3.64. The molecule has 1 saturated heterocycles. The van der Waals surface area contributed by atoms with Gasteiger partial charge in [0.05, 0.1) is 0 Å². The van der Waals surface area contributed by atoms with Crippen LogP contribution in [0.4, 0.5) is 0 Å². The quantitative estimate of drug-likeness (QED) is 0.763. The van der Waals surface area contributed by atoms with Crippen molar-refractivity contribution in [1.29, 1.82) is 0 Å². The highest BCUT2D eigenvalue weighted by Gasteiger charge is 2.35. The van der Waals surface area contributed by atoms with Gasteiger partial charge in [-0.1, -0.05) is 52.4 Å². The highest BCUT2D eigenvalue weighted by atomic mass is 14.9. The molecule has 94 valence electrons. The Morgan fingerprint density at radius 2 is 1.94 bits per heavy atom. The van der Waals surface area contributed by atoms with Gasteiger partial charge in [-0.3, -0.25) is 0 Å². The molecule has 3 unspecified atom stereocenters. The topological polar surface area (TPSA) is 12.0 Å². The lowest BCUT2D eigenvalue weighted by atomic mass is 9.70. The minimum Gasteiger partial charge on any atom is -0.316 e. The number of nitrogens with one attached hydrogen (secondary N) is 1. The van der Waals surface area contributed by atoms with Crippen molar-refractivity contribution in [1.82, 2.24) is 5.32 Å². The van der Waals surface area contributed by atoms with E-state index >= 15 is 0 Å². The molecule has 0 radical (unpaired) electrons. The molecule has 0 aromatic heterocycles. The van der Waals surface area contributed by atoms with Crippen molar-refractivity contribution >= 4 is 0 Å². The van der Waals surface area contributed by atoms with E-state index in [1.807, 2.05) is 0 Å². The Bertz CT molecular complexity index is 196. The van der Waals surface area contributed by atoms with Gasteiger partial charge < -0.3 is 5.32 Å². The number of hydrogen-bond donors (Lipinski definition) is 1. The minimum absolute atomic E-state index is 0.956. The fourth-order valence-electron chi connectivity index (χ4n) is 4.18. The molecule has 0 bridgehead atoms. The van der Waals surface area contributed by atoms with E-state index in [1.165, 1.54) is 58.0 Å². The maximum absolute atomic E-state index is 3.64. The molecule has 1 N–H and O–H groups in total. The van der Waals surface area contributed by atoms with Gasteiger partial charge in [-0.15, -0.1) is 0 Å². The van der Waals surface area contributed by atoms with Crippen molar-refractivity contribution in [2.45, 2.75) is 58.8 Å². The lowest BCUT2D eigenvalue weighted by Gasteiger charge is -2.39. The molecule has 2 aliphatic rings. The first-order valence-electron chi connectivity index (χ1n) is 7.53. The van der Waals surface area contributed by atoms with E-state index < -0.39 is 0 Å². The SMILES string of the molecule is CCCC(C)C1CCNCC1C1CCCC1. The fourth-order valence-corrected chi connectivity index (χ4v) is 4.18. The van der Waals surface area contributed by atoms with Gasteiger partial charge in [0.25, 0.3) is 0 Å². The Hall–Kier alpha value is -0.0400. The summed E-state index contributed by atoms with van der Waals surface area (Å²) >= 11 is 0. The molecule has 1 nitrogen and oxygen atoms in total. The van der Waals surface area contributed by atoms with Gasteiger partial charge in [-0.25, -0.2) is 0 Å². The van der Waals surface area contributed by atoms with Crippen LogP contribution in [0, 0.1) is 23.7 Å². The minimum atomic E-state index is 0.956. The monoisotopic (exact) mass is 223 g/mol. The molecule has 1 saturated carbocycles. The second-order valence-electron chi connectivity index (χ2n) is 6.13. The molecule has 1 aliphatic heterocycles. The van der Waals surface area contributed by atoms with E-state index in [1.54, 1.807) is 0 Å². The lowest BCUT2D eigenvalue weighted by molar-refractivity contribution is 0.123.